The fourth-order valence-corrected chi connectivity index (χ4v) is 8.44. The van der Waals surface area contributed by atoms with E-state index in [2.05, 4.69) is 42.2 Å². The highest BCUT2D eigenvalue weighted by Crippen LogP contribution is 2.58. The second-order valence-electron chi connectivity index (χ2n) is 9.81. The van der Waals surface area contributed by atoms with Gasteiger partial charge >= 0.3 is 8.25 Å². The highest BCUT2D eigenvalue weighted by molar-refractivity contribution is 8.46. The third kappa shape index (κ3) is 4.68. The van der Waals surface area contributed by atoms with Crippen LogP contribution in [0.4, 0.5) is 11.6 Å². The van der Waals surface area contributed by atoms with E-state index in [1.807, 2.05) is 0 Å². The van der Waals surface area contributed by atoms with Gasteiger partial charge in [-0.15, -0.1) is 0 Å². The zero-order chi connectivity index (χ0) is 29.3. The van der Waals surface area contributed by atoms with Crippen molar-refractivity contribution in [1.29, 1.82) is 0 Å². The Kier molecular flexibility index (Phi) is 6.97. The molecule has 4 aromatic rings. The molecule has 3 aliphatic heterocycles. The monoisotopic (exact) mass is 642 g/mol. The Bertz CT molecular complexity index is 1740. The Balaban J connectivity index is 1.19. The number of thiol groups is 1. The predicted molar refractivity (Wildman–Crippen MR) is 145 cm³/mol. The maximum absolute atomic E-state index is 13.7. The van der Waals surface area contributed by atoms with E-state index in [0.717, 1.165) is 0 Å². The van der Waals surface area contributed by atoms with E-state index in [1.165, 1.54) is 34.4 Å². The first-order valence-corrected chi connectivity index (χ1v) is 16.7. The zero-order valence-corrected chi connectivity index (χ0v) is 24.0. The predicted octanol–water partition coefficient (Wildman–Crippen LogP) is -0.340. The van der Waals surface area contributed by atoms with Crippen LogP contribution in [-0.2, 0) is 32.2 Å². The first-order chi connectivity index (χ1) is 20.1. The van der Waals surface area contributed by atoms with Crippen LogP contribution in [0.3, 0.4) is 0 Å². The number of hydrogen-bond donors (Lipinski definition) is 5. The van der Waals surface area contributed by atoms with E-state index in [0.29, 0.717) is 0 Å². The summed E-state index contributed by atoms with van der Waals surface area (Å²) in [4.78, 5) is 24.5. The molecule has 42 heavy (non-hydrogen) atoms. The fourth-order valence-electron chi connectivity index (χ4n) is 5.30. The summed E-state index contributed by atoms with van der Waals surface area (Å²) < 4.78 is 58.6. The molecule has 0 spiro atoms. The lowest BCUT2D eigenvalue weighted by molar-refractivity contribution is -0.0507. The molecule has 0 aliphatic carbocycles. The summed E-state index contributed by atoms with van der Waals surface area (Å²) in [6.07, 6.45) is -5.14. The van der Waals surface area contributed by atoms with Gasteiger partial charge in [0.15, 0.2) is 35.4 Å². The Morgan fingerprint density at radius 1 is 0.881 bits per heavy atom. The van der Waals surface area contributed by atoms with Crippen LogP contribution in [-0.4, -0.2) is 98.6 Å². The van der Waals surface area contributed by atoms with Crippen molar-refractivity contribution >= 4 is 61.0 Å². The molecule has 3 saturated heterocycles. The highest BCUT2D eigenvalue weighted by atomic mass is 32.7. The Morgan fingerprint density at radius 2 is 1.48 bits per heavy atom. The number of imidazole rings is 2. The molecule has 6 N–H and O–H groups in total. The maximum Gasteiger partial charge on any atom is 0.319 e. The molecule has 7 rings (SSSR count). The van der Waals surface area contributed by atoms with Gasteiger partial charge in [-0.2, -0.15) is 0 Å². The molecule has 4 aromatic heterocycles. The number of anilines is 2. The molecular formula is C20H24N10O9P2S. The van der Waals surface area contributed by atoms with Crippen molar-refractivity contribution in [3.63, 3.8) is 0 Å². The largest absolute Gasteiger partial charge is 0.387 e. The molecule has 7 heterocycles. The quantitative estimate of drug-likeness (QED) is 0.138. The number of fused-ring (bicyclic) bond motifs is 5. The van der Waals surface area contributed by atoms with Crippen LogP contribution in [0.5, 0.6) is 0 Å². The Labute approximate surface area is 241 Å². The van der Waals surface area contributed by atoms with Crippen LogP contribution >= 0.6 is 27.1 Å². The molecule has 0 radical (unpaired) electrons. The van der Waals surface area contributed by atoms with Gasteiger partial charge < -0.3 is 40.2 Å². The van der Waals surface area contributed by atoms with Gasteiger partial charge in [0.1, 0.15) is 54.2 Å². The molecule has 0 aromatic carbocycles. The summed E-state index contributed by atoms with van der Waals surface area (Å²) in [5.74, 6) is 0.241. The average Bonchev–Trinajstić information content (AvgIpc) is 3.70. The lowest BCUT2D eigenvalue weighted by Gasteiger charge is -2.27. The first kappa shape index (κ1) is 28.0. The second-order valence-corrected chi connectivity index (χ2v) is 14.5. The van der Waals surface area contributed by atoms with Crippen molar-refractivity contribution in [3.05, 3.63) is 25.3 Å². The van der Waals surface area contributed by atoms with Crippen molar-refractivity contribution in [2.45, 2.75) is 49.1 Å². The lowest BCUT2D eigenvalue weighted by atomic mass is 10.1. The van der Waals surface area contributed by atoms with Crippen molar-refractivity contribution in [2.24, 2.45) is 0 Å². The summed E-state index contributed by atoms with van der Waals surface area (Å²) in [6, 6.07) is 0. The number of hydrogen-bond acceptors (Lipinski definition) is 17. The number of nitrogen functional groups attached to an aromatic ring is 2. The van der Waals surface area contributed by atoms with Crippen molar-refractivity contribution in [3.8, 4) is 0 Å². The van der Waals surface area contributed by atoms with Crippen LogP contribution in [0.2, 0.25) is 0 Å². The number of ether oxygens (including phenoxy) is 2. The molecule has 0 saturated carbocycles. The van der Waals surface area contributed by atoms with Crippen LogP contribution in [0.1, 0.15) is 12.5 Å². The lowest BCUT2D eigenvalue weighted by Crippen LogP contribution is -2.38. The third-order valence-electron chi connectivity index (χ3n) is 7.24. The number of aliphatic hydroxyl groups excluding tert-OH is 2. The Hall–Kier alpha value is -2.77. The number of rotatable bonds is 2. The Morgan fingerprint density at radius 3 is 2.12 bits per heavy atom. The summed E-state index contributed by atoms with van der Waals surface area (Å²) >= 11 is 4.27. The molecule has 10 atom stereocenters. The van der Waals surface area contributed by atoms with Crippen LogP contribution in [0.15, 0.2) is 25.3 Å². The van der Waals surface area contributed by atoms with Gasteiger partial charge in [-0.3, -0.25) is 22.8 Å². The number of aliphatic hydroxyl groups is 2. The average molecular weight is 642 g/mol. The van der Waals surface area contributed by atoms with Crippen LogP contribution in [0, 0.1) is 0 Å². The molecule has 3 aliphatic rings. The SMILES string of the molecule is Nc1ncnc2c1ncn2[C@@H]1O[C@@H]2CO[PH](=O)O[C@@H]3[C@H](O)[C@@H](C[P@@](=O)(S)O[C@H]2[C@H]1O)O[C@H]3n1cnc2c(N)ncnc21. The summed E-state index contributed by atoms with van der Waals surface area (Å²) in [6.45, 7) is -4.32. The smallest absolute Gasteiger partial charge is 0.319 e. The molecule has 1 unspecified atom stereocenters. The number of nitrogens with zero attached hydrogens (tertiary/aromatic N) is 8. The molecule has 3 fully saturated rings. The van der Waals surface area contributed by atoms with Gasteiger partial charge in [0.2, 0.25) is 0 Å². The first-order valence-electron chi connectivity index (χ1n) is 12.5. The zero-order valence-electron chi connectivity index (χ0n) is 21.2. The fraction of sp³-hybridized carbons (Fsp3) is 0.500. The molecule has 2 bridgehead atoms. The van der Waals surface area contributed by atoms with Gasteiger partial charge in [-0.05, 0) is 0 Å². The van der Waals surface area contributed by atoms with Gasteiger partial charge in [-0.1, -0.05) is 12.2 Å². The number of aromatic nitrogens is 8. The summed E-state index contributed by atoms with van der Waals surface area (Å²) in [5.41, 5.74) is 12.9. The summed E-state index contributed by atoms with van der Waals surface area (Å²) in [5, 5.41) is 22.4. The van der Waals surface area contributed by atoms with Crippen LogP contribution < -0.4 is 11.5 Å². The number of nitrogens with two attached hydrogens (primary N) is 2. The van der Waals surface area contributed by atoms with E-state index in [4.69, 9.17) is 34.5 Å². The molecule has 224 valence electrons. The highest BCUT2D eigenvalue weighted by Gasteiger charge is 2.53. The van der Waals surface area contributed by atoms with Gasteiger partial charge in [0, 0.05) is 0 Å². The maximum atomic E-state index is 13.7. The van der Waals surface area contributed by atoms with Crippen LogP contribution in [0.25, 0.3) is 22.3 Å². The van der Waals surface area contributed by atoms with Crippen molar-refractivity contribution in [1.82, 2.24) is 39.0 Å². The minimum atomic E-state index is -3.92. The van der Waals surface area contributed by atoms with Crippen molar-refractivity contribution in [2.75, 3.05) is 24.2 Å². The van der Waals surface area contributed by atoms with Crippen molar-refractivity contribution < 1.29 is 42.4 Å². The topological polar surface area (TPSA) is 260 Å². The molecular weight excluding hydrogens is 618 g/mol. The molecule has 0 amide bonds. The van der Waals surface area contributed by atoms with E-state index in [9.17, 15) is 19.3 Å². The third-order valence-corrected chi connectivity index (χ3v) is 10.3. The standard InChI is InChI=1S/C20H24N10O9P2S/c21-15-9-17(25-3-23-15)29(5-27-9)19-12(32)13-7(36-19)1-35-40(33)38-14-11(31)8(2-41(34,42)39-13)37-20(14)30-6-28-10-16(22)24-4-26-18(10)30/h3-8,11-14,19-20,31-32,40H,1-2H2,(H,34,42)(H2,21,23,25)(H2,22,24,26)/t7-,8-,11-,12-,13-,14-,19-,20-,41+/m1/s1. The summed E-state index contributed by atoms with van der Waals surface area (Å²) in [7, 11) is -3.30. The minimum Gasteiger partial charge on any atom is -0.387 e. The van der Waals surface area contributed by atoms with Gasteiger partial charge in [0.05, 0.1) is 31.5 Å². The van der Waals surface area contributed by atoms with Gasteiger partial charge in [0.25, 0.3) is 6.57 Å². The second kappa shape index (κ2) is 10.4. The molecule has 19 nitrogen and oxygen atoms in total. The minimum absolute atomic E-state index is 0.116. The van der Waals surface area contributed by atoms with E-state index < -0.39 is 76.7 Å². The van der Waals surface area contributed by atoms with E-state index in [-0.39, 0.29) is 34.0 Å². The van der Waals surface area contributed by atoms with E-state index in [1.54, 1.807) is 0 Å². The normalized spacial score (nSPS) is 37.5. The molecule has 22 heteroatoms. The van der Waals surface area contributed by atoms with E-state index >= 15 is 0 Å². The van der Waals surface area contributed by atoms with Gasteiger partial charge in [-0.25, -0.2) is 29.9 Å².